The van der Waals surface area contributed by atoms with Crippen molar-refractivity contribution in [2.45, 2.75) is 245 Å². The second-order valence-electron chi connectivity index (χ2n) is 23.9. The number of nitrogens with zero attached hydrogens (tertiary/aromatic N) is 16. The minimum absolute atomic E-state index is 0.0454. The Morgan fingerprint density at radius 1 is 0.386 bits per heavy atom. The molecule has 38 heteroatoms. The number of ether oxygens (including phenoxy) is 5. The molecule has 4 N–H and O–H groups in total. The third-order valence-corrected chi connectivity index (χ3v) is 10.1. The van der Waals surface area contributed by atoms with Gasteiger partial charge in [0.15, 0.2) is 0 Å². The molecule has 6 amide bonds. The van der Waals surface area contributed by atoms with Crippen LogP contribution in [0.15, 0.2) is 25.6 Å². The van der Waals surface area contributed by atoms with E-state index in [1.807, 2.05) is 0 Å². The summed E-state index contributed by atoms with van der Waals surface area (Å²) in [6.07, 6.45) is -4.85. The van der Waals surface area contributed by atoms with Crippen LogP contribution in [-0.2, 0) is 86.1 Å². The molecule has 0 aliphatic carbocycles. The Labute approximate surface area is 505 Å². The van der Waals surface area contributed by atoms with Crippen molar-refractivity contribution in [3.63, 3.8) is 0 Å². The molecule has 0 aromatic carbocycles. The van der Waals surface area contributed by atoms with Gasteiger partial charge in [-0.05, 0) is 164 Å². The predicted molar refractivity (Wildman–Crippen MR) is 303 cm³/mol. The van der Waals surface area contributed by atoms with E-state index in [9.17, 15) is 79.7 Å². The summed E-state index contributed by atoms with van der Waals surface area (Å²) in [5, 5.41) is 25.7. The number of hydrogen-bond donors (Lipinski definition) is 4. The molecule has 88 heavy (non-hydrogen) atoms. The Morgan fingerprint density at radius 2 is 0.580 bits per heavy atom. The van der Waals surface area contributed by atoms with Crippen molar-refractivity contribution < 1.29 is 86.1 Å². The number of esters is 5. The maximum absolute atomic E-state index is 14.1. The topological polar surface area (TPSA) is 555 Å². The first kappa shape index (κ1) is 78.4. The number of carbonyl (C=O) groups excluding carboxylic acids is 12. The first-order valence-electron chi connectivity index (χ1n) is 27.1. The Bertz CT molecular complexity index is 2520. The van der Waals surface area contributed by atoms with Gasteiger partial charge in [0.2, 0.25) is 23.6 Å². The molecule has 0 bridgehead atoms. The lowest BCUT2D eigenvalue weighted by Gasteiger charge is -2.39. The number of imide groups is 1. The monoisotopic (exact) mass is 1250 g/mol. The summed E-state index contributed by atoms with van der Waals surface area (Å²) in [5.41, 5.74) is 41.5. The number of hydrogen-bond acceptors (Lipinski definition) is 23. The lowest BCUT2D eigenvalue weighted by atomic mass is 10.1. The van der Waals surface area contributed by atoms with Gasteiger partial charge in [0.25, 0.3) is 17.7 Å². The van der Waals surface area contributed by atoms with Crippen LogP contribution in [0.1, 0.15) is 181 Å². The van der Waals surface area contributed by atoms with E-state index in [0.29, 0.717) is 5.06 Å². The van der Waals surface area contributed by atoms with Crippen molar-refractivity contribution >= 4 is 71.3 Å². The minimum Gasteiger partial charge on any atom is -0.460 e. The van der Waals surface area contributed by atoms with Crippen molar-refractivity contribution in [2.24, 2.45) is 25.6 Å². The zero-order valence-corrected chi connectivity index (χ0v) is 51.9. The molecule has 486 valence electrons. The van der Waals surface area contributed by atoms with Crippen LogP contribution in [0.5, 0.6) is 0 Å². The standard InChI is InChI=1S/C37H60N16O12.C13H18N4O6/c1-33(2,3)62-25(54)17-13-21(46-50-38)29(58)42-37(43-30(59)22(47-51-39)14-18-26(55)63-34(4,5)6,44-31(60)23(48-52-40)15-19-27(56)64-35(7,8)9)45-32(61)24(49-53-41)16-20-28(57)65-36(10,11)12;1-13(2,3)22-11(20)7-4-8(15-16-14)12(21)23-17-9(18)5-6-10(17)19/h21-24H,13-20H2,1-12H3,(H,42,58)(H,43,59)(H,44,60)(H,45,61);8H,4-7H2,1-3H3/t21-,22-,23-,24-;8-/m00/s1. The highest BCUT2D eigenvalue weighted by atomic mass is 16.7. The molecule has 5 atom stereocenters. The van der Waals surface area contributed by atoms with Crippen LogP contribution in [0.4, 0.5) is 0 Å². The summed E-state index contributed by atoms with van der Waals surface area (Å²) < 4.78 is 26.1. The van der Waals surface area contributed by atoms with Gasteiger partial charge in [0.05, 0.1) is 0 Å². The molecule has 1 rings (SSSR count). The number of nitrogens with one attached hydrogen (secondary N) is 4. The van der Waals surface area contributed by atoms with Crippen molar-refractivity contribution in [2.75, 3.05) is 0 Å². The number of azide groups is 5. The second-order valence-corrected chi connectivity index (χ2v) is 23.9. The molecule has 0 unspecified atom stereocenters. The van der Waals surface area contributed by atoms with E-state index in [4.69, 9.17) is 29.2 Å². The van der Waals surface area contributed by atoms with Crippen molar-refractivity contribution in [1.29, 1.82) is 0 Å². The van der Waals surface area contributed by atoms with E-state index in [1.165, 1.54) is 0 Å². The summed E-state index contributed by atoms with van der Waals surface area (Å²) >= 11 is 0. The summed E-state index contributed by atoms with van der Waals surface area (Å²) in [6, 6.07) is -8.85. The highest BCUT2D eigenvalue weighted by molar-refractivity contribution is 6.02. The van der Waals surface area contributed by atoms with Gasteiger partial charge in [-0.15, -0.1) is 5.06 Å². The van der Waals surface area contributed by atoms with Gasteiger partial charge in [0.1, 0.15) is 58.2 Å². The third kappa shape index (κ3) is 34.4. The molecule has 0 aromatic rings. The van der Waals surface area contributed by atoms with Crippen LogP contribution in [0.2, 0.25) is 0 Å². The van der Waals surface area contributed by atoms with Gasteiger partial charge in [-0.3, -0.25) is 74.0 Å². The van der Waals surface area contributed by atoms with Crippen LogP contribution < -0.4 is 21.3 Å². The molecule has 0 saturated carbocycles. The molecule has 1 heterocycles. The highest BCUT2D eigenvalue weighted by Crippen LogP contribution is 2.20. The Balaban J connectivity index is 0.00000273. The normalized spacial score (nSPS) is 14.6. The van der Waals surface area contributed by atoms with E-state index in [2.05, 4.69) is 76.2 Å². The lowest BCUT2D eigenvalue weighted by Crippen LogP contribution is -2.80. The maximum Gasteiger partial charge on any atom is 0.342 e. The van der Waals surface area contributed by atoms with Crippen LogP contribution in [-0.4, -0.2) is 140 Å². The van der Waals surface area contributed by atoms with Gasteiger partial charge < -0.3 is 28.5 Å². The molecule has 38 nitrogen and oxygen atoms in total. The van der Waals surface area contributed by atoms with E-state index in [0.717, 1.165) is 0 Å². The van der Waals surface area contributed by atoms with Gasteiger partial charge in [-0.25, -0.2) is 4.79 Å². The quantitative estimate of drug-likeness (QED) is 0.0111. The molecule has 1 aliphatic rings. The fraction of sp³-hybridized carbons (Fsp3) is 0.760. The molecule has 1 fully saturated rings. The Hall–Kier alpha value is -9.61. The number of hydroxylamine groups is 2. The molecule has 0 radical (unpaired) electrons. The first-order valence-corrected chi connectivity index (χ1v) is 27.1. The molecule has 0 spiro atoms. The molecular weight excluding hydrogens is 1170 g/mol. The highest BCUT2D eigenvalue weighted by Gasteiger charge is 2.43. The van der Waals surface area contributed by atoms with E-state index in [1.54, 1.807) is 104 Å². The summed E-state index contributed by atoms with van der Waals surface area (Å²) in [7, 11) is 0. The van der Waals surface area contributed by atoms with Crippen LogP contribution in [0.25, 0.3) is 52.2 Å². The smallest absolute Gasteiger partial charge is 0.342 e. The lowest BCUT2D eigenvalue weighted by molar-refractivity contribution is -0.198. The second kappa shape index (κ2) is 35.8. The van der Waals surface area contributed by atoms with Gasteiger partial charge in [-0.2, -0.15) is 0 Å². The van der Waals surface area contributed by atoms with Crippen molar-refractivity contribution in [3.8, 4) is 0 Å². The van der Waals surface area contributed by atoms with Crippen molar-refractivity contribution in [3.05, 3.63) is 52.2 Å². The maximum atomic E-state index is 14.1. The first-order chi connectivity index (χ1) is 40.4. The molecular formula is C50H78N20O18. The van der Waals surface area contributed by atoms with E-state index >= 15 is 0 Å². The number of carbonyl (C=O) groups is 12. The van der Waals surface area contributed by atoms with Crippen LogP contribution in [0.3, 0.4) is 0 Å². The van der Waals surface area contributed by atoms with Gasteiger partial charge in [-0.1, -0.05) is 25.6 Å². The average molecular weight is 1250 g/mol. The Morgan fingerprint density at radius 3 is 0.773 bits per heavy atom. The fourth-order valence-corrected chi connectivity index (χ4v) is 6.80. The summed E-state index contributed by atoms with van der Waals surface area (Å²) in [5.74, 6) is -15.1. The largest absolute Gasteiger partial charge is 0.460 e. The predicted octanol–water partition coefficient (Wildman–Crippen LogP) is 6.66. The van der Waals surface area contributed by atoms with E-state index in [-0.39, 0.29) is 25.7 Å². The molecule has 0 aromatic heterocycles. The number of rotatable bonds is 30. The zero-order chi connectivity index (χ0) is 68.0. The number of amides is 6. The Kier molecular flexibility index (Phi) is 31.8. The van der Waals surface area contributed by atoms with Crippen molar-refractivity contribution in [1.82, 2.24) is 26.3 Å². The average Bonchev–Trinajstić information content (AvgIpc) is 1.39. The van der Waals surface area contributed by atoms with Gasteiger partial charge in [0, 0.05) is 69.5 Å². The summed E-state index contributed by atoms with van der Waals surface area (Å²) in [4.78, 5) is 171. The zero-order valence-electron chi connectivity index (χ0n) is 51.9. The molecule has 1 aliphatic heterocycles. The third-order valence-electron chi connectivity index (χ3n) is 10.1. The van der Waals surface area contributed by atoms with E-state index < -0.39 is 187 Å². The SMILES string of the molecule is CC(C)(C)OC(=O)CC[C@H](N=[N+]=[N-])C(=O)NC(NC(=O)[C@H](CCC(=O)OC(C)(C)C)N=[N+]=[N-])(NC(=O)[C@H](CCC(=O)OC(C)(C)C)N=[N+]=[N-])NC(=O)[C@H](CCC(=O)OC(C)(C)C)N=[N+]=[N-].CC(C)(C)OC(=O)CC[C@H](N=[N+]=[N-])C(=O)ON1C(=O)CCC1=O. The minimum atomic E-state index is -3.20. The summed E-state index contributed by atoms with van der Waals surface area (Å²) in [6.45, 7) is 23.9. The van der Waals surface area contributed by atoms with Crippen LogP contribution >= 0.6 is 0 Å². The fourth-order valence-electron chi connectivity index (χ4n) is 6.80. The van der Waals surface area contributed by atoms with Gasteiger partial charge >= 0.3 is 35.8 Å². The van der Waals surface area contributed by atoms with Crippen LogP contribution in [0, 0.1) is 0 Å². The molecule has 1 saturated heterocycles.